The van der Waals surface area contributed by atoms with E-state index in [-0.39, 0.29) is 18.5 Å². The summed E-state index contributed by atoms with van der Waals surface area (Å²) in [6.45, 7) is 2.66. The lowest BCUT2D eigenvalue weighted by atomic mass is 9.68. The van der Waals surface area contributed by atoms with E-state index in [0.29, 0.717) is 25.7 Å². The van der Waals surface area contributed by atoms with Crippen LogP contribution in [0.25, 0.3) is 0 Å². The molecule has 1 aromatic carbocycles. The fourth-order valence-electron chi connectivity index (χ4n) is 4.89. The van der Waals surface area contributed by atoms with Crippen LogP contribution >= 0.6 is 0 Å². The maximum Gasteiger partial charge on any atom is 0.184 e. The van der Waals surface area contributed by atoms with Gasteiger partial charge in [0.1, 0.15) is 18.0 Å². The van der Waals surface area contributed by atoms with Gasteiger partial charge < -0.3 is 14.2 Å². The van der Waals surface area contributed by atoms with E-state index in [0.717, 1.165) is 36.6 Å². The minimum atomic E-state index is -0.262. The van der Waals surface area contributed by atoms with Crippen LogP contribution in [0.2, 0.25) is 0 Å². The molecule has 0 bridgehead atoms. The maximum atomic E-state index is 6.20. The average Bonchev–Trinajstić information content (AvgIpc) is 3.34. The van der Waals surface area contributed by atoms with E-state index < -0.39 is 0 Å². The fourth-order valence-corrected chi connectivity index (χ4v) is 4.89. The highest BCUT2D eigenvalue weighted by atomic mass is 17.0. The van der Waals surface area contributed by atoms with Crippen molar-refractivity contribution in [3.63, 3.8) is 0 Å². The van der Waals surface area contributed by atoms with Crippen molar-refractivity contribution in [2.24, 2.45) is 11.8 Å². The zero-order chi connectivity index (χ0) is 18.8. The van der Waals surface area contributed by atoms with Crippen LogP contribution in [-0.2, 0) is 19.1 Å². The predicted molar refractivity (Wildman–Crippen MR) is 102 cm³/mol. The number of hydrogen-bond acceptors (Lipinski definition) is 6. The SMILES string of the molecule is c1cc(OCCCN2OC3CCCC(C4CCC4)C3O2)cc(C2OCCO2)c1. The monoisotopic (exact) mass is 389 g/mol. The Morgan fingerprint density at radius 2 is 1.86 bits per heavy atom. The second kappa shape index (κ2) is 8.67. The average molecular weight is 389 g/mol. The standard InChI is InChI=1S/C22H31NO5/c1-5-16(6-1)19-9-3-10-20-21(19)28-23(27-20)11-4-12-24-18-8-2-7-17(15-18)22-25-13-14-26-22/h2,7-8,15-16,19-22H,1,3-6,9-14H2. The lowest BCUT2D eigenvalue weighted by Crippen LogP contribution is -2.41. The summed E-state index contributed by atoms with van der Waals surface area (Å²) in [4.78, 5) is 12.3. The van der Waals surface area contributed by atoms with Crippen LogP contribution in [0.3, 0.4) is 0 Å². The predicted octanol–water partition coefficient (Wildman–Crippen LogP) is 4.02. The van der Waals surface area contributed by atoms with Gasteiger partial charge in [-0.05, 0) is 43.2 Å². The number of rotatable bonds is 7. The lowest BCUT2D eigenvalue weighted by Gasteiger charge is -2.40. The molecule has 6 nitrogen and oxygen atoms in total. The van der Waals surface area contributed by atoms with Crippen molar-refractivity contribution >= 4 is 0 Å². The Hall–Kier alpha value is -1.18. The van der Waals surface area contributed by atoms with E-state index >= 15 is 0 Å². The Morgan fingerprint density at radius 3 is 2.68 bits per heavy atom. The molecule has 2 saturated heterocycles. The Bertz CT molecular complexity index is 646. The summed E-state index contributed by atoms with van der Waals surface area (Å²) in [6, 6.07) is 7.96. The van der Waals surface area contributed by atoms with Crippen LogP contribution < -0.4 is 4.74 Å². The highest BCUT2D eigenvalue weighted by Gasteiger charge is 2.46. The zero-order valence-electron chi connectivity index (χ0n) is 16.5. The molecule has 2 aliphatic carbocycles. The van der Waals surface area contributed by atoms with Gasteiger partial charge in [0, 0.05) is 5.56 Å². The zero-order valence-corrected chi connectivity index (χ0v) is 16.5. The van der Waals surface area contributed by atoms with Crippen molar-refractivity contribution in [2.45, 2.75) is 63.4 Å². The van der Waals surface area contributed by atoms with E-state index in [4.69, 9.17) is 23.9 Å². The Kier molecular flexibility index (Phi) is 5.83. The van der Waals surface area contributed by atoms with Crippen molar-refractivity contribution in [3.05, 3.63) is 29.8 Å². The second-order valence-corrected chi connectivity index (χ2v) is 8.40. The van der Waals surface area contributed by atoms with Crippen molar-refractivity contribution in [1.29, 1.82) is 0 Å². The largest absolute Gasteiger partial charge is 0.494 e. The van der Waals surface area contributed by atoms with E-state index in [1.54, 1.807) is 5.23 Å². The summed E-state index contributed by atoms with van der Waals surface area (Å²) in [7, 11) is 0. The second-order valence-electron chi connectivity index (χ2n) is 8.40. The topological polar surface area (TPSA) is 49.4 Å². The summed E-state index contributed by atoms with van der Waals surface area (Å²) in [5, 5.41) is 1.73. The smallest absolute Gasteiger partial charge is 0.184 e. The molecule has 0 aromatic heterocycles. The highest BCUT2D eigenvalue weighted by Crippen LogP contribution is 2.45. The summed E-state index contributed by atoms with van der Waals surface area (Å²) in [6.07, 6.45) is 8.95. The quantitative estimate of drug-likeness (QED) is 0.657. The Morgan fingerprint density at radius 1 is 1.00 bits per heavy atom. The number of hydrogen-bond donors (Lipinski definition) is 0. The molecule has 5 rings (SSSR count). The van der Waals surface area contributed by atoms with Crippen molar-refractivity contribution in [2.75, 3.05) is 26.4 Å². The molecule has 0 spiro atoms. The molecule has 4 fully saturated rings. The Balaban J connectivity index is 1.07. The molecule has 3 atom stereocenters. The third-order valence-electron chi connectivity index (χ3n) is 6.57. The molecule has 1 aromatic rings. The van der Waals surface area contributed by atoms with Gasteiger partial charge in [0.15, 0.2) is 6.29 Å². The van der Waals surface area contributed by atoms with Gasteiger partial charge in [0.25, 0.3) is 0 Å². The normalized spacial score (nSPS) is 31.6. The minimum Gasteiger partial charge on any atom is -0.494 e. The summed E-state index contributed by atoms with van der Waals surface area (Å²) in [5.74, 6) is 2.40. The van der Waals surface area contributed by atoms with Crippen LogP contribution in [-0.4, -0.2) is 43.8 Å². The summed E-state index contributed by atoms with van der Waals surface area (Å²) in [5.41, 5.74) is 1.01. The first-order valence-electron chi connectivity index (χ1n) is 10.9. The molecular weight excluding hydrogens is 358 g/mol. The minimum absolute atomic E-state index is 0.253. The molecule has 0 amide bonds. The van der Waals surface area contributed by atoms with E-state index in [1.165, 1.54) is 32.1 Å². The molecule has 3 unspecified atom stereocenters. The van der Waals surface area contributed by atoms with Crippen LogP contribution in [0, 0.1) is 11.8 Å². The number of ether oxygens (including phenoxy) is 3. The van der Waals surface area contributed by atoms with Crippen LogP contribution in [0.5, 0.6) is 5.75 Å². The van der Waals surface area contributed by atoms with Gasteiger partial charge in [-0.1, -0.05) is 43.0 Å². The lowest BCUT2D eigenvalue weighted by molar-refractivity contribution is -0.317. The van der Waals surface area contributed by atoms with Gasteiger partial charge in [-0.25, -0.2) is 0 Å². The summed E-state index contributed by atoms with van der Waals surface area (Å²) >= 11 is 0. The first kappa shape index (κ1) is 18.8. The molecule has 28 heavy (non-hydrogen) atoms. The van der Waals surface area contributed by atoms with Gasteiger partial charge >= 0.3 is 0 Å². The highest BCUT2D eigenvalue weighted by molar-refractivity contribution is 5.29. The number of nitrogens with zero attached hydrogens (tertiary/aromatic N) is 1. The molecule has 6 heteroatoms. The van der Waals surface area contributed by atoms with E-state index in [1.807, 2.05) is 24.3 Å². The molecule has 2 aliphatic heterocycles. The third-order valence-corrected chi connectivity index (χ3v) is 6.57. The van der Waals surface area contributed by atoms with Gasteiger partial charge in [-0.2, -0.15) is 0 Å². The van der Waals surface area contributed by atoms with E-state index in [9.17, 15) is 0 Å². The number of hydroxylamine groups is 2. The van der Waals surface area contributed by atoms with Gasteiger partial charge in [-0.15, -0.1) is 0 Å². The molecular formula is C22H31NO5. The van der Waals surface area contributed by atoms with Gasteiger partial charge in [0.2, 0.25) is 0 Å². The first-order valence-corrected chi connectivity index (χ1v) is 10.9. The molecule has 2 saturated carbocycles. The number of fused-ring (bicyclic) bond motifs is 1. The Labute approximate surface area is 166 Å². The van der Waals surface area contributed by atoms with Crippen LogP contribution in [0.1, 0.15) is 56.8 Å². The fraction of sp³-hybridized carbons (Fsp3) is 0.727. The number of benzene rings is 1. The maximum absolute atomic E-state index is 6.20. The molecule has 2 heterocycles. The molecule has 154 valence electrons. The van der Waals surface area contributed by atoms with Crippen LogP contribution in [0.4, 0.5) is 0 Å². The van der Waals surface area contributed by atoms with Crippen LogP contribution in [0.15, 0.2) is 24.3 Å². The molecule has 4 aliphatic rings. The van der Waals surface area contributed by atoms with Crippen molar-refractivity contribution in [1.82, 2.24) is 5.23 Å². The summed E-state index contributed by atoms with van der Waals surface area (Å²) < 4.78 is 17.0. The van der Waals surface area contributed by atoms with Crippen molar-refractivity contribution < 1.29 is 23.9 Å². The van der Waals surface area contributed by atoms with Crippen molar-refractivity contribution in [3.8, 4) is 5.75 Å². The first-order chi connectivity index (χ1) is 13.9. The van der Waals surface area contributed by atoms with Gasteiger partial charge in [0.05, 0.1) is 26.4 Å². The van der Waals surface area contributed by atoms with E-state index in [2.05, 4.69) is 0 Å². The van der Waals surface area contributed by atoms with Gasteiger partial charge in [-0.3, -0.25) is 9.68 Å². The molecule has 0 N–H and O–H groups in total. The molecule has 0 radical (unpaired) electrons. The third kappa shape index (κ3) is 4.07.